The molecule has 1 saturated carbocycles. The number of hydrogen-bond donors (Lipinski definition) is 1. The van der Waals surface area contributed by atoms with Crippen LogP contribution in [0.25, 0.3) is 0 Å². The first kappa shape index (κ1) is 16.2. The van der Waals surface area contributed by atoms with Crippen LogP contribution in [0.5, 0.6) is 0 Å². The smallest absolute Gasteiger partial charge is 0.282 e. The average molecular weight is 305 g/mol. The zero-order valence-corrected chi connectivity index (χ0v) is 13.4. The minimum absolute atomic E-state index is 0.0525. The number of hydrogen-bond acceptors (Lipinski definition) is 4. The Morgan fingerprint density at radius 3 is 2.65 bits per heavy atom. The van der Waals surface area contributed by atoms with E-state index < -0.39 is 10.2 Å². The average Bonchev–Trinajstić information content (AvgIpc) is 2.48. The summed E-state index contributed by atoms with van der Waals surface area (Å²) in [7, 11) is 0.228. The second kappa shape index (κ2) is 7.17. The molecule has 0 aromatic carbocycles. The summed E-state index contributed by atoms with van der Waals surface area (Å²) in [5.41, 5.74) is 0. The molecule has 1 unspecified atom stereocenters. The van der Waals surface area contributed by atoms with Crippen LogP contribution in [0.4, 0.5) is 0 Å². The van der Waals surface area contributed by atoms with E-state index in [-0.39, 0.29) is 12.1 Å². The van der Waals surface area contributed by atoms with Gasteiger partial charge in [0.2, 0.25) is 0 Å². The molecule has 0 aromatic rings. The second-order valence-corrected chi connectivity index (χ2v) is 7.71. The Morgan fingerprint density at radius 2 is 2.00 bits per heavy atom. The Kier molecular flexibility index (Phi) is 5.80. The molecule has 6 nitrogen and oxygen atoms in total. The van der Waals surface area contributed by atoms with Crippen LogP contribution in [0.1, 0.15) is 32.1 Å². The van der Waals surface area contributed by atoms with Gasteiger partial charge in [0.05, 0.1) is 12.7 Å². The number of nitrogens with one attached hydrogen (secondary N) is 1. The fourth-order valence-electron chi connectivity index (χ4n) is 3.07. The molecule has 0 radical (unpaired) electrons. The summed E-state index contributed by atoms with van der Waals surface area (Å²) in [6.07, 6.45) is 5.42. The maximum atomic E-state index is 12.7. The van der Waals surface area contributed by atoms with E-state index in [1.807, 2.05) is 7.05 Å². The standard InChI is InChI=1S/C13H27N3O3S/c1-14-10-13-11-16(8-9-19-13)20(17,18)15(2)12-6-4-3-5-7-12/h12-14H,3-11H2,1-2H3. The van der Waals surface area contributed by atoms with E-state index in [1.54, 1.807) is 15.7 Å². The summed E-state index contributed by atoms with van der Waals surface area (Å²) in [5.74, 6) is 0. The topological polar surface area (TPSA) is 61.9 Å². The number of likely N-dealkylation sites (N-methyl/N-ethyl adjacent to an activating group) is 1. The van der Waals surface area contributed by atoms with Crippen molar-refractivity contribution in [3.05, 3.63) is 0 Å². The molecular formula is C13H27N3O3S. The Labute approximate surface area is 122 Å². The first-order valence-corrected chi connectivity index (χ1v) is 8.94. The van der Waals surface area contributed by atoms with Crippen molar-refractivity contribution >= 4 is 10.2 Å². The molecule has 2 aliphatic rings. The van der Waals surface area contributed by atoms with Crippen molar-refractivity contribution in [2.75, 3.05) is 40.3 Å². The SMILES string of the molecule is CNCC1CN(S(=O)(=O)N(C)C2CCCCC2)CCO1. The molecule has 0 spiro atoms. The van der Waals surface area contributed by atoms with E-state index in [4.69, 9.17) is 4.74 Å². The predicted octanol–water partition coefficient (Wildman–Crippen LogP) is 0.416. The van der Waals surface area contributed by atoms with Crippen LogP contribution in [0.3, 0.4) is 0 Å². The fraction of sp³-hybridized carbons (Fsp3) is 1.00. The quantitative estimate of drug-likeness (QED) is 0.799. The minimum Gasteiger partial charge on any atom is -0.374 e. The maximum Gasteiger partial charge on any atom is 0.282 e. The Morgan fingerprint density at radius 1 is 1.30 bits per heavy atom. The summed E-state index contributed by atoms with van der Waals surface area (Å²) in [6, 6.07) is 0.166. The Hall–Kier alpha value is -0.210. The maximum absolute atomic E-state index is 12.7. The molecule has 1 aliphatic heterocycles. The van der Waals surface area contributed by atoms with Gasteiger partial charge in [0.1, 0.15) is 0 Å². The lowest BCUT2D eigenvalue weighted by atomic mass is 9.96. The largest absolute Gasteiger partial charge is 0.374 e. The highest BCUT2D eigenvalue weighted by Crippen LogP contribution is 2.25. The lowest BCUT2D eigenvalue weighted by Crippen LogP contribution is -2.54. The molecular weight excluding hydrogens is 278 g/mol. The first-order valence-electron chi connectivity index (χ1n) is 7.55. The van der Waals surface area contributed by atoms with Crippen LogP contribution in [-0.2, 0) is 14.9 Å². The molecule has 7 heteroatoms. The molecule has 1 atom stereocenters. The number of nitrogens with zero attached hydrogens (tertiary/aromatic N) is 2. The van der Waals surface area contributed by atoms with Gasteiger partial charge in [-0.1, -0.05) is 19.3 Å². The molecule has 1 N–H and O–H groups in total. The van der Waals surface area contributed by atoms with Crippen LogP contribution in [0.15, 0.2) is 0 Å². The van der Waals surface area contributed by atoms with Crippen LogP contribution < -0.4 is 5.32 Å². The first-order chi connectivity index (χ1) is 9.55. The van der Waals surface area contributed by atoms with E-state index in [2.05, 4.69) is 5.32 Å². The van der Waals surface area contributed by atoms with Crippen molar-refractivity contribution in [2.24, 2.45) is 0 Å². The molecule has 0 amide bonds. The van der Waals surface area contributed by atoms with Crippen molar-refractivity contribution in [3.8, 4) is 0 Å². The molecule has 1 saturated heterocycles. The highest BCUT2D eigenvalue weighted by molar-refractivity contribution is 7.86. The van der Waals surface area contributed by atoms with Crippen molar-refractivity contribution in [1.29, 1.82) is 0 Å². The van der Waals surface area contributed by atoms with Crippen LogP contribution in [0, 0.1) is 0 Å². The van der Waals surface area contributed by atoms with E-state index in [0.717, 1.165) is 25.7 Å². The van der Waals surface area contributed by atoms with Crippen molar-refractivity contribution in [1.82, 2.24) is 13.9 Å². The van der Waals surface area contributed by atoms with Gasteiger partial charge in [-0.2, -0.15) is 17.0 Å². The predicted molar refractivity (Wildman–Crippen MR) is 78.8 cm³/mol. The molecule has 0 aromatic heterocycles. The highest BCUT2D eigenvalue weighted by atomic mass is 32.2. The lowest BCUT2D eigenvalue weighted by Gasteiger charge is -2.38. The van der Waals surface area contributed by atoms with Gasteiger partial charge in [0.25, 0.3) is 10.2 Å². The lowest BCUT2D eigenvalue weighted by molar-refractivity contribution is -0.00125. The minimum atomic E-state index is -3.35. The van der Waals surface area contributed by atoms with Gasteiger partial charge in [0.15, 0.2) is 0 Å². The van der Waals surface area contributed by atoms with Crippen LogP contribution in [0.2, 0.25) is 0 Å². The van der Waals surface area contributed by atoms with Gasteiger partial charge < -0.3 is 10.1 Å². The van der Waals surface area contributed by atoms with Crippen LogP contribution >= 0.6 is 0 Å². The normalized spacial score (nSPS) is 27.1. The van der Waals surface area contributed by atoms with Crippen molar-refractivity contribution in [2.45, 2.75) is 44.2 Å². The van der Waals surface area contributed by atoms with E-state index >= 15 is 0 Å². The van der Waals surface area contributed by atoms with Gasteiger partial charge in [-0.15, -0.1) is 0 Å². The summed E-state index contributed by atoms with van der Waals surface area (Å²) in [5, 5.41) is 3.04. The third kappa shape index (κ3) is 3.71. The number of ether oxygens (including phenoxy) is 1. The Bertz CT molecular complexity index is 394. The molecule has 1 heterocycles. The molecule has 0 bridgehead atoms. The third-order valence-corrected chi connectivity index (χ3v) is 6.32. The number of rotatable bonds is 5. The summed E-state index contributed by atoms with van der Waals surface area (Å²) in [6.45, 7) is 2.06. The van der Waals surface area contributed by atoms with Crippen LogP contribution in [-0.4, -0.2) is 69.5 Å². The zero-order chi connectivity index (χ0) is 14.6. The van der Waals surface area contributed by atoms with E-state index in [9.17, 15) is 8.42 Å². The fourth-order valence-corrected chi connectivity index (χ4v) is 4.68. The summed E-state index contributed by atoms with van der Waals surface area (Å²) in [4.78, 5) is 0. The second-order valence-electron chi connectivity index (χ2n) is 5.72. The highest BCUT2D eigenvalue weighted by Gasteiger charge is 2.35. The molecule has 118 valence electrons. The van der Waals surface area contributed by atoms with Gasteiger partial charge in [0, 0.05) is 32.7 Å². The van der Waals surface area contributed by atoms with Gasteiger partial charge in [-0.05, 0) is 19.9 Å². The molecule has 2 rings (SSSR count). The summed E-state index contributed by atoms with van der Waals surface area (Å²) < 4.78 is 34.2. The van der Waals surface area contributed by atoms with Gasteiger partial charge in [-0.3, -0.25) is 0 Å². The molecule has 20 heavy (non-hydrogen) atoms. The summed E-state index contributed by atoms with van der Waals surface area (Å²) >= 11 is 0. The van der Waals surface area contributed by atoms with Crippen molar-refractivity contribution in [3.63, 3.8) is 0 Å². The van der Waals surface area contributed by atoms with Crippen molar-refractivity contribution < 1.29 is 13.2 Å². The Balaban J connectivity index is 2.00. The number of morpholine rings is 1. The molecule has 2 fully saturated rings. The van der Waals surface area contributed by atoms with E-state index in [1.165, 1.54) is 6.42 Å². The molecule has 1 aliphatic carbocycles. The van der Waals surface area contributed by atoms with Gasteiger partial charge >= 0.3 is 0 Å². The van der Waals surface area contributed by atoms with Gasteiger partial charge in [-0.25, -0.2) is 0 Å². The van der Waals surface area contributed by atoms with E-state index in [0.29, 0.717) is 26.2 Å². The third-order valence-electron chi connectivity index (χ3n) is 4.31. The monoisotopic (exact) mass is 305 g/mol. The zero-order valence-electron chi connectivity index (χ0n) is 12.5.